The number of aliphatic carboxylic acids is 1. The highest BCUT2D eigenvalue weighted by molar-refractivity contribution is 7.93. The van der Waals surface area contributed by atoms with E-state index in [0.29, 0.717) is 0 Å². The lowest BCUT2D eigenvalue weighted by atomic mass is 10.3. The Labute approximate surface area is 128 Å². The summed E-state index contributed by atoms with van der Waals surface area (Å²) in [6.45, 7) is 8.97. The fraction of sp³-hybridized carbons (Fsp3) is 0.500. The molecule has 0 N–H and O–H groups in total. The molecule has 126 valence electrons. The molecule has 21 heavy (non-hydrogen) atoms. The van der Waals surface area contributed by atoms with Gasteiger partial charge in [0.2, 0.25) is 0 Å². The van der Waals surface area contributed by atoms with E-state index in [2.05, 4.69) is 4.72 Å². The monoisotopic (exact) mass is 320 g/mol. The molecule has 0 saturated carbocycles. The highest BCUT2D eigenvalue weighted by Gasteiger charge is 1.73. The fourth-order valence-electron chi connectivity index (χ4n) is 0.420. The van der Waals surface area contributed by atoms with E-state index in [4.69, 9.17) is 9.90 Å². The van der Waals surface area contributed by atoms with Gasteiger partial charge in [0.05, 0.1) is 10.0 Å². The van der Waals surface area contributed by atoms with E-state index in [-0.39, 0.29) is 5.75 Å². The summed E-state index contributed by atoms with van der Waals surface area (Å²) in [5, 5.41) is 19.2. The molecule has 0 amide bonds. The zero-order valence-electron chi connectivity index (χ0n) is 13.8. The van der Waals surface area contributed by atoms with E-state index in [1.54, 1.807) is 12.1 Å². The molecule has 0 aliphatic heterocycles. The van der Waals surface area contributed by atoms with Gasteiger partial charge in [0.25, 0.3) is 0 Å². The number of hydrogen-bond donors (Lipinski definition) is 0. The lowest BCUT2D eigenvalue weighted by Crippen LogP contribution is -2.16. The SMILES string of the molecule is CC.CC.CC(=O)[O-].C[N-]S(C)(=O)=O.[O-]c1ccccc1. The molecule has 0 saturated heterocycles. The van der Waals surface area contributed by atoms with Gasteiger partial charge in [-0.25, -0.2) is 8.42 Å². The van der Waals surface area contributed by atoms with Gasteiger partial charge in [-0.3, -0.25) is 0 Å². The number of carbonyl (C=O) groups is 1. The van der Waals surface area contributed by atoms with Crippen molar-refractivity contribution in [3.63, 3.8) is 0 Å². The van der Waals surface area contributed by atoms with Gasteiger partial charge in [-0.2, -0.15) is 7.05 Å². The first kappa shape index (κ1) is 27.7. The van der Waals surface area contributed by atoms with Crippen LogP contribution in [-0.2, 0) is 14.8 Å². The second-order valence-electron chi connectivity index (χ2n) is 2.72. The molecule has 7 heteroatoms. The van der Waals surface area contributed by atoms with Crippen LogP contribution in [0.2, 0.25) is 0 Å². The van der Waals surface area contributed by atoms with Crippen LogP contribution in [0, 0.1) is 0 Å². The van der Waals surface area contributed by atoms with Crippen LogP contribution in [0.4, 0.5) is 0 Å². The number of para-hydroxylation sites is 1. The van der Waals surface area contributed by atoms with Gasteiger partial charge in [0.1, 0.15) is 0 Å². The van der Waals surface area contributed by atoms with Gasteiger partial charge in [-0.05, 0) is 6.92 Å². The topological polar surface area (TPSA) is 111 Å². The zero-order valence-corrected chi connectivity index (χ0v) is 14.6. The third-order valence-corrected chi connectivity index (χ3v) is 1.74. The Kier molecular flexibility index (Phi) is 27.3. The molecule has 0 aliphatic carbocycles. The Morgan fingerprint density at radius 3 is 1.38 bits per heavy atom. The van der Waals surface area contributed by atoms with Crippen molar-refractivity contribution in [1.82, 2.24) is 0 Å². The summed E-state index contributed by atoms with van der Waals surface area (Å²) in [5.74, 6) is -1.01. The number of benzene rings is 1. The van der Waals surface area contributed by atoms with Gasteiger partial charge in [-0.1, -0.05) is 58.0 Å². The van der Waals surface area contributed by atoms with E-state index in [0.717, 1.165) is 13.2 Å². The van der Waals surface area contributed by atoms with E-state index in [9.17, 15) is 13.5 Å². The summed E-state index contributed by atoms with van der Waals surface area (Å²) in [6.07, 6.45) is 1.05. The minimum Gasteiger partial charge on any atom is -0.872 e. The number of carboxylic acids is 1. The molecule has 0 spiro atoms. The smallest absolute Gasteiger partial charge is 0.0690 e. The van der Waals surface area contributed by atoms with Crippen LogP contribution in [0.3, 0.4) is 0 Å². The quantitative estimate of drug-likeness (QED) is 0.778. The van der Waals surface area contributed by atoms with E-state index < -0.39 is 16.0 Å². The van der Waals surface area contributed by atoms with Gasteiger partial charge in [0.15, 0.2) is 0 Å². The van der Waals surface area contributed by atoms with Crippen molar-refractivity contribution in [3.05, 3.63) is 35.1 Å². The third kappa shape index (κ3) is 56.0. The van der Waals surface area contributed by atoms with Crippen LogP contribution < -0.4 is 10.2 Å². The van der Waals surface area contributed by atoms with Crippen molar-refractivity contribution in [1.29, 1.82) is 0 Å². The Morgan fingerprint density at radius 2 is 1.29 bits per heavy atom. The molecular formula is C14H26NO5S-3. The van der Waals surface area contributed by atoms with Crippen LogP contribution in [0.15, 0.2) is 30.3 Å². The first-order valence-corrected chi connectivity index (χ1v) is 8.24. The van der Waals surface area contributed by atoms with Crippen molar-refractivity contribution in [2.45, 2.75) is 34.6 Å². The summed E-state index contributed by atoms with van der Waals surface area (Å²) in [5.41, 5.74) is 0. The molecule has 1 aromatic rings. The van der Waals surface area contributed by atoms with Gasteiger partial charge in [-0.15, -0.1) is 5.75 Å². The molecule has 0 aromatic heterocycles. The maximum Gasteiger partial charge on any atom is 0.0690 e. The van der Waals surface area contributed by atoms with Crippen molar-refractivity contribution in [3.8, 4) is 5.75 Å². The highest BCUT2D eigenvalue weighted by atomic mass is 32.2. The summed E-state index contributed by atoms with van der Waals surface area (Å²) < 4.78 is 22.7. The minimum atomic E-state index is -3.04. The summed E-state index contributed by atoms with van der Waals surface area (Å²) >= 11 is 0. The predicted octanol–water partition coefficient (Wildman–Crippen LogP) is 1.52. The van der Waals surface area contributed by atoms with Crippen molar-refractivity contribution in [2.24, 2.45) is 0 Å². The average Bonchev–Trinajstić information content (AvgIpc) is 2.43. The first-order chi connectivity index (χ1) is 9.69. The third-order valence-electron chi connectivity index (χ3n) is 1.07. The Hall–Kier alpha value is -1.60. The van der Waals surface area contributed by atoms with Gasteiger partial charge < -0.3 is 19.7 Å². The fourth-order valence-corrected chi connectivity index (χ4v) is 0.420. The number of carboxylic acid groups (broad SMARTS) is 1. The standard InChI is InChI=1S/C6H6O.C2H6NO2S.C2H4O2.2C2H6/c7-6-4-2-1-3-5-6;1-3-6(2,4)5;1-2(3)4;2*1-2/h1-5,7H;1-2H3;1H3,(H,3,4);2*1-2H3/q;-1;;;/p-2. The molecule has 0 fully saturated rings. The number of nitrogens with zero attached hydrogens (tertiary/aromatic N) is 1. The van der Waals surface area contributed by atoms with Crippen LogP contribution >= 0.6 is 0 Å². The van der Waals surface area contributed by atoms with Crippen molar-refractivity contribution < 1.29 is 23.4 Å². The lowest BCUT2D eigenvalue weighted by molar-refractivity contribution is -0.302. The largest absolute Gasteiger partial charge is 0.872 e. The molecule has 0 heterocycles. The van der Waals surface area contributed by atoms with Gasteiger partial charge in [0, 0.05) is 12.2 Å². The first-order valence-electron chi connectivity index (χ1n) is 6.39. The molecule has 0 atom stereocenters. The second kappa shape index (κ2) is 20.7. The Morgan fingerprint density at radius 1 is 1.05 bits per heavy atom. The number of carbonyl (C=O) groups excluding carboxylic acids is 1. The zero-order chi connectivity index (χ0) is 17.9. The molecular weight excluding hydrogens is 294 g/mol. The predicted molar refractivity (Wildman–Crippen MR) is 83.4 cm³/mol. The average molecular weight is 320 g/mol. The van der Waals surface area contributed by atoms with Crippen LogP contribution in [0.5, 0.6) is 5.75 Å². The molecule has 1 rings (SSSR count). The second-order valence-corrected chi connectivity index (χ2v) is 4.55. The molecule has 0 bridgehead atoms. The number of hydrogen-bond acceptors (Lipinski definition) is 5. The molecule has 0 radical (unpaired) electrons. The summed E-state index contributed by atoms with van der Waals surface area (Å²) in [4.78, 5) is 8.89. The normalized spacial score (nSPS) is 7.95. The van der Waals surface area contributed by atoms with E-state index in [1.807, 2.05) is 33.8 Å². The van der Waals surface area contributed by atoms with Crippen LogP contribution in [0.1, 0.15) is 34.6 Å². The van der Waals surface area contributed by atoms with Crippen molar-refractivity contribution in [2.75, 3.05) is 13.3 Å². The summed E-state index contributed by atoms with van der Waals surface area (Å²) in [6, 6.07) is 8.33. The molecule has 0 unspecified atom stereocenters. The summed E-state index contributed by atoms with van der Waals surface area (Å²) in [7, 11) is -1.79. The van der Waals surface area contributed by atoms with E-state index in [1.165, 1.54) is 19.2 Å². The number of rotatable bonds is 1. The maximum absolute atomic E-state index is 10.3. The highest BCUT2D eigenvalue weighted by Crippen LogP contribution is 1.98. The Balaban J connectivity index is -0.0000000948. The van der Waals surface area contributed by atoms with Crippen LogP contribution in [0.25, 0.3) is 4.72 Å². The Bertz CT molecular complexity index is 401. The molecule has 6 nitrogen and oxygen atoms in total. The molecule has 1 aromatic carbocycles. The van der Waals surface area contributed by atoms with Crippen molar-refractivity contribution >= 4 is 16.0 Å². The van der Waals surface area contributed by atoms with E-state index >= 15 is 0 Å². The van der Waals surface area contributed by atoms with Crippen LogP contribution in [-0.4, -0.2) is 27.7 Å². The maximum atomic E-state index is 10.3. The lowest BCUT2D eigenvalue weighted by Gasteiger charge is -2.03. The van der Waals surface area contributed by atoms with Gasteiger partial charge >= 0.3 is 0 Å². The minimum absolute atomic E-state index is 0.0718. The number of sulfonamides is 1. The molecule has 0 aliphatic rings.